The first-order valence-electron chi connectivity index (χ1n) is 4.59. The van der Waals surface area contributed by atoms with Crippen LogP contribution in [0.1, 0.15) is 32.8 Å². The number of hydrogen-bond acceptors (Lipinski definition) is 0. The van der Waals surface area contributed by atoms with E-state index in [0.29, 0.717) is 0 Å². The molecule has 0 spiro atoms. The van der Waals surface area contributed by atoms with Gasteiger partial charge in [0, 0.05) is 0 Å². The van der Waals surface area contributed by atoms with Gasteiger partial charge in [-0.1, -0.05) is 38.1 Å². The molecule has 0 N–H and O–H groups in total. The highest BCUT2D eigenvalue weighted by molar-refractivity contribution is 5.31. The molecule has 0 amide bonds. The predicted octanol–water partition coefficient (Wildman–Crippen LogP) is 3.71. The van der Waals surface area contributed by atoms with Gasteiger partial charge in [0.1, 0.15) is 0 Å². The molecule has 0 aromatic heterocycles. The van der Waals surface area contributed by atoms with Gasteiger partial charge in [-0.3, -0.25) is 0 Å². The molecule has 1 aromatic carbocycles. The van der Waals surface area contributed by atoms with Gasteiger partial charge in [0.2, 0.25) is 0 Å². The van der Waals surface area contributed by atoms with Crippen LogP contribution >= 0.6 is 0 Å². The molecule has 0 fully saturated rings. The second-order valence-electron chi connectivity index (χ2n) is 3.69. The van der Waals surface area contributed by atoms with E-state index in [1.165, 1.54) is 17.5 Å². The SMILES string of the molecule is Cc1ccccc1[CH]CC(C)C.[H+]. The van der Waals surface area contributed by atoms with Gasteiger partial charge in [-0.15, -0.1) is 0 Å². The monoisotopic (exact) mass is 162 g/mol. The smallest absolute Gasteiger partial charge is 0.0628 e. The lowest BCUT2D eigenvalue weighted by molar-refractivity contribution is 0.643. The molecule has 0 aliphatic heterocycles. The van der Waals surface area contributed by atoms with Crippen molar-refractivity contribution in [3.8, 4) is 0 Å². The fourth-order valence-electron chi connectivity index (χ4n) is 1.18. The first kappa shape index (κ1) is 9.31. The molecule has 0 heterocycles. The van der Waals surface area contributed by atoms with Crippen LogP contribution in [-0.4, -0.2) is 0 Å². The van der Waals surface area contributed by atoms with Crippen LogP contribution in [0, 0.1) is 19.3 Å². The van der Waals surface area contributed by atoms with Crippen molar-refractivity contribution in [2.45, 2.75) is 27.2 Å². The zero-order chi connectivity index (χ0) is 8.97. The molecule has 12 heavy (non-hydrogen) atoms. The van der Waals surface area contributed by atoms with Gasteiger partial charge in [0.25, 0.3) is 0 Å². The third-order valence-electron chi connectivity index (χ3n) is 2.00. The molecule has 65 valence electrons. The average Bonchev–Trinajstić information content (AvgIpc) is 2.03. The minimum Gasteiger partial charge on any atom is -0.0628 e. The minimum absolute atomic E-state index is 0. The van der Waals surface area contributed by atoms with Crippen LogP contribution < -0.4 is 0 Å². The molecule has 1 aromatic rings. The summed E-state index contributed by atoms with van der Waals surface area (Å²) in [5.41, 5.74) is 2.75. The lowest BCUT2D eigenvalue weighted by atomic mass is 9.99. The topological polar surface area (TPSA) is 0 Å². The summed E-state index contributed by atoms with van der Waals surface area (Å²) in [7, 11) is 0. The number of hydrogen-bond donors (Lipinski definition) is 0. The summed E-state index contributed by atoms with van der Waals surface area (Å²) >= 11 is 0. The Morgan fingerprint density at radius 3 is 2.58 bits per heavy atom. The Kier molecular flexibility index (Phi) is 3.33. The highest BCUT2D eigenvalue weighted by Crippen LogP contribution is 2.14. The maximum absolute atomic E-state index is 2.32. The highest BCUT2D eigenvalue weighted by Gasteiger charge is 1.98. The first-order valence-corrected chi connectivity index (χ1v) is 4.59. The van der Waals surface area contributed by atoms with Crippen molar-refractivity contribution in [2.24, 2.45) is 5.92 Å². The molecular weight excluding hydrogens is 144 g/mol. The van der Waals surface area contributed by atoms with E-state index in [0.717, 1.165) is 5.92 Å². The molecule has 0 saturated carbocycles. The Balaban J connectivity index is 0.00000144. The minimum atomic E-state index is 0. The molecule has 0 aliphatic carbocycles. The van der Waals surface area contributed by atoms with Crippen molar-refractivity contribution in [3.63, 3.8) is 0 Å². The summed E-state index contributed by atoms with van der Waals surface area (Å²) in [6, 6.07) is 8.52. The molecule has 1 rings (SSSR count). The largest absolute Gasteiger partial charge is 1.00 e. The Bertz CT molecular complexity index is 241. The molecule has 0 bridgehead atoms. The molecule has 0 saturated heterocycles. The zero-order valence-electron chi connectivity index (χ0n) is 9.17. The summed E-state index contributed by atoms with van der Waals surface area (Å²) in [4.78, 5) is 0. The standard InChI is InChI=1S/C12H17/c1-10(2)8-9-12-7-5-4-6-11(12)3/h4-7,9-10H,8H2,1-3H3/p+1. The fourth-order valence-corrected chi connectivity index (χ4v) is 1.18. The van der Waals surface area contributed by atoms with E-state index in [1.807, 2.05) is 0 Å². The van der Waals surface area contributed by atoms with E-state index in [-0.39, 0.29) is 1.43 Å². The summed E-state index contributed by atoms with van der Waals surface area (Å²) in [5, 5.41) is 0. The van der Waals surface area contributed by atoms with Gasteiger partial charge >= 0.3 is 1.43 Å². The summed E-state index contributed by atoms with van der Waals surface area (Å²) in [5.74, 6) is 0.754. The Morgan fingerprint density at radius 1 is 1.33 bits per heavy atom. The number of rotatable bonds is 3. The zero-order valence-corrected chi connectivity index (χ0v) is 8.17. The van der Waals surface area contributed by atoms with Crippen LogP contribution in [0.4, 0.5) is 0 Å². The van der Waals surface area contributed by atoms with E-state index in [2.05, 4.69) is 51.5 Å². The maximum Gasteiger partial charge on any atom is 1.00 e. The van der Waals surface area contributed by atoms with Crippen molar-refractivity contribution in [1.29, 1.82) is 0 Å². The van der Waals surface area contributed by atoms with Crippen molar-refractivity contribution in [1.82, 2.24) is 0 Å². The van der Waals surface area contributed by atoms with E-state index >= 15 is 0 Å². The summed E-state index contributed by atoms with van der Waals surface area (Å²) in [6.45, 7) is 6.65. The summed E-state index contributed by atoms with van der Waals surface area (Å²) < 4.78 is 0. The van der Waals surface area contributed by atoms with Gasteiger partial charge in [-0.25, -0.2) is 0 Å². The van der Waals surface area contributed by atoms with Crippen LogP contribution in [0.3, 0.4) is 0 Å². The normalized spacial score (nSPS) is 10.7. The summed E-state index contributed by atoms with van der Waals surface area (Å²) in [6.07, 6.45) is 3.49. The van der Waals surface area contributed by atoms with E-state index in [9.17, 15) is 0 Å². The van der Waals surface area contributed by atoms with Crippen molar-refractivity contribution in [2.75, 3.05) is 0 Å². The predicted molar refractivity (Wildman–Crippen MR) is 55.1 cm³/mol. The number of benzene rings is 1. The van der Waals surface area contributed by atoms with Crippen molar-refractivity contribution in [3.05, 3.63) is 41.8 Å². The number of aryl methyl sites for hydroxylation is 1. The van der Waals surface area contributed by atoms with Gasteiger partial charge in [0.15, 0.2) is 0 Å². The first-order chi connectivity index (χ1) is 5.70. The Labute approximate surface area is 77.1 Å². The van der Waals surface area contributed by atoms with E-state index in [4.69, 9.17) is 0 Å². The van der Waals surface area contributed by atoms with Crippen molar-refractivity contribution < 1.29 is 1.43 Å². The van der Waals surface area contributed by atoms with E-state index < -0.39 is 0 Å². The van der Waals surface area contributed by atoms with Crippen LogP contribution in [0.25, 0.3) is 0 Å². The lowest BCUT2D eigenvalue weighted by Crippen LogP contribution is -1.91. The van der Waals surface area contributed by atoms with Crippen LogP contribution in [0.2, 0.25) is 0 Å². The molecule has 0 atom stereocenters. The lowest BCUT2D eigenvalue weighted by Gasteiger charge is -2.06. The highest BCUT2D eigenvalue weighted by atomic mass is 14.0. The van der Waals surface area contributed by atoms with Gasteiger partial charge in [0.05, 0.1) is 0 Å². The average molecular weight is 162 g/mol. The van der Waals surface area contributed by atoms with E-state index in [1.54, 1.807) is 0 Å². The second kappa shape index (κ2) is 4.30. The van der Waals surface area contributed by atoms with Crippen LogP contribution in [0.15, 0.2) is 24.3 Å². The van der Waals surface area contributed by atoms with Crippen LogP contribution in [-0.2, 0) is 0 Å². The molecule has 0 heteroatoms. The van der Waals surface area contributed by atoms with Gasteiger partial charge in [-0.2, -0.15) is 0 Å². The van der Waals surface area contributed by atoms with Crippen molar-refractivity contribution >= 4 is 0 Å². The fraction of sp³-hybridized carbons (Fsp3) is 0.417. The molecule has 0 aliphatic rings. The molecular formula is C12H18+. The second-order valence-corrected chi connectivity index (χ2v) is 3.69. The van der Waals surface area contributed by atoms with Gasteiger partial charge in [-0.05, 0) is 36.8 Å². The third kappa shape index (κ3) is 2.69. The Morgan fingerprint density at radius 2 is 2.00 bits per heavy atom. The van der Waals surface area contributed by atoms with Crippen LogP contribution in [0.5, 0.6) is 0 Å². The van der Waals surface area contributed by atoms with Gasteiger partial charge < -0.3 is 0 Å². The quantitative estimate of drug-likeness (QED) is 0.635. The molecule has 1 radical (unpaired) electrons. The third-order valence-corrected chi connectivity index (χ3v) is 2.00. The Hall–Kier alpha value is -0.780. The molecule has 0 unspecified atom stereocenters. The molecule has 0 nitrogen and oxygen atoms in total. The maximum atomic E-state index is 2.32.